The molecule has 2 nitrogen and oxygen atoms in total. The normalized spacial score (nSPS) is 10.9. The lowest BCUT2D eigenvalue weighted by molar-refractivity contribution is 0.180. The van der Waals surface area contributed by atoms with Crippen molar-refractivity contribution in [1.29, 1.82) is 0 Å². The Hall–Kier alpha value is -1.12. The molecule has 0 fully saturated rings. The monoisotopic (exact) mass is 177 g/mol. The summed E-state index contributed by atoms with van der Waals surface area (Å²) in [6.45, 7) is 2.62. The van der Waals surface area contributed by atoms with E-state index in [0.717, 1.165) is 12.0 Å². The molecule has 0 aromatic heterocycles. The lowest BCUT2D eigenvalue weighted by Crippen LogP contribution is -2.04. The number of benzene rings is 1. The molecule has 0 aliphatic rings. The summed E-state index contributed by atoms with van der Waals surface area (Å²) in [4.78, 5) is 0. The van der Waals surface area contributed by atoms with E-state index >= 15 is 0 Å². The van der Waals surface area contributed by atoms with E-state index < -0.39 is 0 Å². The minimum Gasteiger partial charge on any atom is -0.317 e. The molecule has 0 aliphatic carbocycles. The molecule has 0 saturated carbocycles. The molecule has 0 saturated heterocycles. The molecule has 0 spiro atoms. The third-order valence-electron chi connectivity index (χ3n) is 1.91. The third kappa shape index (κ3) is 3.40. The van der Waals surface area contributed by atoms with Gasteiger partial charge in [-0.1, -0.05) is 43.3 Å². The van der Waals surface area contributed by atoms with Crippen molar-refractivity contribution in [2.45, 2.75) is 13.3 Å². The second-order valence-electron chi connectivity index (χ2n) is 2.86. The molecule has 2 N–H and O–H groups in total. The zero-order valence-electron chi connectivity index (χ0n) is 7.83. The van der Waals surface area contributed by atoms with Crippen molar-refractivity contribution in [2.75, 3.05) is 6.54 Å². The molecule has 0 heterocycles. The minimum absolute atomic E-state index is 0.482. The van der Waals surface area contributed by atoms with Gasteiger partial charge in [0.25, 0.3) is 0 Å². The molecular weight excluding hydrogens is 162 g/mol. The van der Waals surface area contributed by atoms with Crippen LogP contribution in [0.25, 0.3) is 6.08 Å². The summed E-state index contributed by atoms with van der Waals surface area (Å²) in [7, 11) is 0. The Bertz CT molecular complexity index is 264. The maximum atomic E-state index is 8.33. The van der Waals surface area contributed by atoms with Crippen LogP contribution in [0, 0.1) is 0 Å². The lowest BCUT2D eigenvalue weighted by Gasteiger charge is -1.96. The smallest absolute Gasteiger partial charge is 0.0391 e. The standard InChI is InChI=1S/C11H15NO/c1-2-10-5-7-11(8-6-10)4-3-9-12-13/h3-8,12-13H,2,9H2,1H3/b4-3+. The largest absolute Gasteiger partial charge is 0.317 e. The summed E-state index contributed by atoms with van der Waals surface area (Å²) in [5, 5.41) is 8.33. The Morgan fingerprint density at radius 2 is 2.00 bits per heavy atom. The van der Waals surface area contributed by atoms with E-state index in [-0.39, 0.29) is 0 Å². The van der Waals surface area contributed by atoms with Crippen LogP contribution in [0.5, 0.6) is 0 Å². The highest BCUT2D eigenvalue weighted by Crippen LogP contribution is 2.06. The molecule has 1 aromatic carbocycles. The first-order valence-electron chi connectivity index (χ1n) is 4.49. The molecule has 0 radical (unpaired) electrons. The summed E-state index contributed by atoms with van der Waals surface area (Å²) in [5.41, 5.74) is 4.58. The van der Waals surface area contributed by atoms with Gasteiger partial charge in [0.1, 0.15) is 0 Å². The molecule has 0 bridgehead atoms. The summed E-state index contributed by atoms with van der Waals surface area (Å²) >= 11 is 0. The van der Waals surface area contributed by atoms with Crippen LogP contribution >= 0.6 is 0 Å². The van der Waals surface area contributed by atoms with Crippen molar-refractivity contribution in [1.82, 2.24) is 5.48 Å². The molecule has 2 heteroatoms. The average molecular weight is 177 g/mol. The van der Waals surface area contributed by atoms with Crippen LogP contribution in [0.2, 0.25) is 0 Å². The van der Waals surface area contributed by atoms with E-state index in [1.54, 1.807) is 0 Å². The zero-order valence-corrected chi connectivity index (χ0v) is 7.83. The molecule has 1 rings (SSSR count). The Kier molecular flexibility index (Phi) is 4.23. The Labute approximate surface area is 78.9 Å². The Morgan fingerprint density at radius 3 is 2.54 bits per heavy atom. The van der Waals surface area contributed by atoms with Gasteiger partial charge in [0.05, 0.1) is 0 Å². The predicted molar refractivity (Wildman–Crippen MR) is 54.6 cm³/mol. The zero-order chi connectivity index (χ0) is 9.52. The summed E-state index contributed by atoms with van der Waals surface area (Å²) in [5.74, 6) is 0. The van der Waals surface area contributed by atoms with E-state index in [9.17, 15) is 0 Å². The molecule has 0 aliphatic heterocycles. The minimum atomic E-state index is 0.482. The fraction of sp³-hybridized carbons (Fsp3) is 0.273. The van der Waals surface area contributed by atoms with E-state index in [1.165, 1.54) is 5.56 Å². The van der Waals surface area contributed by atoms with Gasteiger partial charge in [0.15, 0.2) is 0 Å². The molecule has 0 amide bonds. The molecule has 13 heavy (non-hydrogen) atoms. The maximum Gasteiger partial charge on any atom is 0.0391 e. The number of hydrogen-bond acceptors (Lipinski definition) is 2. The van der Waals surface area contributed by atoms with Gasteiger partial charge in [-0.05, 0) is 17.5 Å². The lowest BCUT2D eigenvalue weighted by atomic mass is 10.1. The van der Waals surface area contributed by atoms with Crippen LogP contribution in [0.3, 0.4) is 0 Å². The fourth-order valence-corrected chi connectivity index (χ4v) is 1.11. The highest BCUT2D eigenvalue weighted by Gasteiger charge is 1.88. The van der Waals surface area contributed by atoms with Crippen molar-refractivity contribution in [2.24, 2.45) is 0 Å². The topological polar surface area (TPSA) is 32.3 Å². The van der Waals surface area contributed by atoms with E-state index in [1.807, 2.05) is 12.2 Å². The number of rotatable bonds is 4. The van der Waals surface area contributed by atoms with Crippen LogP contribution in [0.1, 0.15) is 18.1 Å². The SMILES string of the molecule is CCc1ccc(/C=C/CNO)cc1. The average Bonchev–Trinajstić information content (AvgIpc) is 2.19. The van der Waals surface area contributed by atoms with Gasteiger partial charge in [-0.25, -0.2) is 5.48 Å². The highest BCUT2D eigenvalue weighted by molar-refractivity contribution is 5.49. The second-order valence-corrected chi connectivity index (χ2v) is 2.86. The van der Waals surface area contributed by atoms with Gasteiger partial charge in [-0.2, -0.15) is 0 Å². The number of aryl methyl sites for hydroxylation is 1. The van der Waals surface area contributed by atoms with Gasteiger partial charge in [-0.15, -0.1) is 0 Å². The van der Waals surface area contributed by atoms with Crippen LogP contribution < -0.4 is 5.48 Å². The second kappa shape index (κ2) is 5.51. The van der Waals surface area contributed by atoms with Crippen molar-refractivity contribution in [3.05, 3.63) is 41.5 Å². The molecule has 0 unspecified atom stereocenters. The predicted octanol–water partition coefficient (Wildman–Crippen LogP) is 2.24. The van der Waals surface area contributed by atoms with Crippen molar-refractivity contribution in [3.63, 3.8) is 0 Å². The first-order valence-corrected chi connectivity index (χ1v) is 4.49. The van der Waals surface area contributed by atoms with Gasteiger partial charge < -0.3 is 5.21 Å². The molecule has 0 atom stereocenters. The van der Waals surface area contributed by atoms with Crippen LogP contribution in [-0.2, 0) is 6.42 Å². The van der Waals surface area contributed by atoms with Gasteiger partial charge in [0.2, 0.25) is 0 Å². The number of nitrogens with one attached hydrogen (secondary N) is 1. The van der Waals surface area contributed by atoms with E-state index in [2.05, 4.69) is 36.7 Å². The molecular formula is C11H15NO. The number of hydroxylamine groups is 1. The summed E-state index contributed by atoms with van der Waals surface area (Å²) in [6.07, 6.45) is 4.92. The Balaban J connectivity index is 2.58. The van der Waals surface area contributed by atoms with Crippen molar-refractivity contribution < 1.29 is 5.21 Å². The van der Waals surface area contributed by atoms with E-state index in [0.29, 0.717) is 6.54 Å². The summed E-state index contributed by atoms with van der Waals surface area (Å²) in [6, 6.07) is 8.39. The van der Waals surface area contributed by atoms with Crippen LogP contribution in [-0.4, -0.2) is 11.8 Å². The van der Waals surface area contributed by atoms with Crippen LogP contribution in [0.4, 0.5) is 0 Å². The van der Waals surface area contributed by atoms with E-state index in [4.69, 9.17) is 5.21 Å². The maximum absolute atomic E-state index is 8.33. The van der Waals surface area contributed by atoms with Gasteiger partial charge >= 0.3 is 0 Å². The number of hydrogen-bond donors (Lipinski definition) is 2. The quantitative estimate of drug-likeness (QED) is 0.691. The fourth-order valence-electron chi connectivity index (χ4n) is 1.11. The highest BCUT2D eigenvalue weighted by atomic mass is 16.5. The first-order chi connectivity index (χ1) is 6.36. The molecule has 1 aromatic rings. The first kappa shape index (κ1) is 9.96. The van der Waals surface area contributed by atoms with Crippen LogP contribution in [0.15, 0.2) is 30.3 Å². The third-order valence-corrected chi connectivity index (χ3v) is 1.91. The summed E-state index contributed by atoms with van der Waals surface area (Å²) < 4.78 is 0. The van der Waals surface area contributed by atoms with Crippen molar-refractivity contribution in [3.8, 4) is 0 Å². The Morgan fingerprint density at radius 1 is 1.31 bits per heavy atom. The van der Waals surface area contributed by atoms with Gasteiger partial charge in [0, 0.05) is 6.54 Å². The molecule has 70 valence electrons. The van der Waals surface area contributed by atoms with Crippen molar-refractivity contribution >= 4 is 6.08 Å². The van der Waals surface area contributed by atoms with Gasteiger partial charge in [-0.3, -0.25) is 0 Å².